The number of benzene rings is 1. The lowest BCUT2D eigenvalue weighted by Crippen LogP contribution is -1.98. The first-order valence-electron chi connectivity index (χ1n) is 4.06. The fourth-order valence-electron chi connectivity index (χ4n) is 1.33. The molecule has 0 aliphatic rings. The van der Waals surface area contributed by atoms with E-state index >= 15 is 0 Å². The monoisotopic (exact) mass is 225 g/mol. The Morgan fingerprint density at radius 1 is 1.47 bits per heavy atom. The maximum atomic E-state index is 13.1. The number of carboxylic acids is 1. The largest absolute Gasteiger partial charge is 0.478 e. The molecule has 15 heavy (non-hydrogen) atoms. The number of pyridine rings is 1. The number of hydrogen-bond donors (Lipinski definition) is 1. The second-order valence-electron chi connectivity index (χ2n) is 2.95. The highest BCUT2D eigenvalue weighted by molar-refractivity contribution is 6.31. The van der Waals surface area contributed by atoms with Crippen molar-refractivity contribution in [3.8, 4) is 0 Å². The fourth-order valence-corrected chi connectivity index (χ4v) is 1.49. The second-order valence-corrected chi connectivity index (χ2v) is 3.35. The van der Waals surface area contributed by atoms with Crippen LogP contribution in [0.1, 0.15) is 10.4 Å². The van der Waals surface area contributed by atoms with E-state index in [0.717, 1.165) is 6.07 Å². The number of aromatic nitrogens is 1. The van der Waals surface area contributed by atoms with Crippen molar-refractivity contribution in [2.45, 2.75) is 0 Å². The minimum Gasteiger partial charge on any atom is -0.478 e. The summed E-state index contributed by atoms with van der Waals surface area (Å²) in [5, 5.41) is 9.10. The molecule has 5 heteroatoms. The van der Waals surface area contributed by atoms with E-state index in [1.807, 2.05) is 0 Å². The Kier molecular flexibility index (Phi) is 2.28. The molecule has 2 aromatic rings. The SMILES string of the molecule is O=C(O)c1ccnc2cc(F)c(Cl)cc12. The number of carboxylic acid groups (broad SMARTS) is 1. The molecule has 0 bridgehead atoms. The van der Waals surface area contributed by atoms with Crippen molar-refractivity contribution >= 4 is 28.5 Å². The first kappa shape index (κ1) is 9.86. The van der Waals surface area contributed by atoms with Crippen molar-refractivity contribution in [1.82, 2.24) is 4.98 Å². The number of halogens is 2. The lowest BCUT2D eigenvalue weighted by molar-refractivity contribution is 0.0699. The van der Waals surface area contributed by atoms with Crippen LogP contribution in [0.5, 0.6) is 0 Å². The molecule has 76 valence electrons. The van der Waals surface area contributed by atoms with E-state index in [1.165, 1.54) is 18.3 Å². The Balaban J connectivity index is 2.86. The van der Waals surface area contributed by atoms with Crippen molar-refractivity contribution in [1.29, 1.82) is 0 Å². The number of rotatable bonds is 1. The molecule has 0 unspecified atom stereocenters. The highest BCUT2D eigenvalue weighted by atomic mass is 35.5. The van der Waals surface area contributed by atoms with Crippen molar-refractivity contribution in [3.63, 3.8) is 0 Å². The van der Waals surface area contributed by atoms with Gasteiger partial charge in [0.2, 0.25) is 0 Å². The van der Waals surface area contributed by atoms with Gasteiger partial charge in [-0.2, -0.15) is 0 Å². The maximum absolute atomic E-state index is 13.1. The van der Waals surface area contributed by atoms with Crippen LogP contribution in [0.15, 0.2) is 24.4 Å². The van der Waals surface area contributed by atoms with Crippen LogP contribution in [-0.4, -0.2) is 16.1 Å². The molecular weight excluding hydrogens is 221 g/mol. The van der Waals surface area contributed by atoms with Gasteiger partial charge in [-0.15, -0.1) is 0 Å². The summed E-state index contributed by atoms with van der Waals surface area (Å²) < 4.78 is 13.1. The van der Waals surface area contributed by atoms with Crippen molar-refractivity contribution < 1.29 is 14.3 Å². The van der Waals surface area contributed by atoms with Crippen LogP contribution in [-0.2, 0) is 0 Å². The Morgan fingerprint density at radius 3 is 2.87 bits per heavy atom. The molecule has 0 aliphatic carbocycles. The molecular formula is C10H5ClFNO2. The molecule has 1 aromatic heterocycles. The van der Waals surface area contributed by atoms with Crippen LogP contribution >= 0.6 is 11.6 Å². The van der Waals surface area contributed by atoms with Gasteiger partial charge in [0.15, 0.2) is 0 Å². The minimum absolute atomic E-state index is 0.0573. The number of nitrogens with zero attached hydrogens (tertiary/aromatic N) is 1. The first-order chi connectivity index (χ1) is 7.09. The van der Waals surface area contributed by atoms with E-state index in [-0.39, 0.29) is 16.1 Å². The Bertz CT molecular complexity index is 556. The zero-order chi connectivity index (χ0) is 11.0. The summed E-state index contributed by atoms with van der Waals surface area (Å²) in [5.74, 6) is -1.70. The zero-order valence-electron chi connectivity index (χ0n) is 7.37. The van der Waals surface area contributed by atoms with E-state index in [4.69, 9.17) is 16.7 Å². The van der Waals surface area contributed by atoms with Gasteiger partial charge in [0.05, 0.1) is 16.1 Å². The summed E-state index contributed by atoms with van der Waals surface area (Å²) in [7, 11) is 0. The van der Waals surface area contributed by atoms with Gasteiger partial charge in [-0.25, -0.2) is 9.18 Å². The molecule has 0 amide bonds. The van der Waals surface area contributed by atoms with Gasteiger partial charge in [0.25, 0.3) is 0 Å². The average molecular weight is 226 g/mol. The van der Waals surface area contributed by atoms with Crippen LogP contribution in [0.2, 0.25) is 5.02 Å². The topological polar surface area (TPSA) is 50.2 Å². The summed E-state index contributed by atoms with van der Waals surface area (Å²) in [6, 6.07) is 3.73. The molecule has 1 aromatic carbocycles. The average Bonchev–Trinajstić information content (AvgIpc) is 2.18. The Hall–Kier alpha value is -1.68. The van der Waals surface area contributed by atoms with Crippen LogP contribution in [0.4, 0.5) is 4.39 Å². The lowest BCUT2D eigenvalue weighted by atomic mass is 10.1. The van der Waals surface area contributed by atoms with Crippen LogP contribution in [0, 0.1) is 5.82 Å². The maximum Gasteiger partial charge on any atom is 0.336 e. The normalized spacial score (nSPS) is 10.5. The Morgan fingerprint density at radius 2 is 2.20 bits per heavy atom. The van der Waals surface area contributed by atoms with Gasteiger partial charge in [-0.05, 0) is 12.1 Å². The van der Waals surface area contributed by atoms with Crippen LogP contribution in [0.3, 0.4) is 0 Å². The van der Waals surface area contributed by atoms with Gasteiger partial charge in [0, 0.05) is 17.6 Å². The van der Waals surface area contributed by atoms with Crippen molar-refractivity contribution in [2.75, 3.05) is 0 Å². The molecule has 1 heterocycles. The summed E-state index contributed by atoms with van der Waals surface area (Å²) in [6.45, 7) is 0. The molecule has 0 radical (unpaired) electrons. The second kappa shape index (κ2) is 3.47. The lowest BCUT2D eigenvalue weighted by Gasteiger charge is -2.02. The summed E-state index contributed by atoms with van der Waals surface area (Å²) in [5.41, 5.74) is 0.332. The summed E-state index contributed by atoms with van der Waals surface area (Å²) in [6.07, 6.45) is 1.32. The predicted octanol–water partition coefficient (Wildman–Crippen LogP) is 2.73. The molecule has 0 aliphatic heterocycles. The third kappa shape index (κ3) is 1.64. The third-order valence-corrected chi connectivity index (χ3v) is 2.30. The van der Waals surface area contributed by atoms with Crippen LogP contribution < -0.4 is 0 Å². The highest BCUT2D eigenvalue weighted by Gasteiger charge is 2.11. The highest BCUT2D eigenvalue weighted by Crippen LogP contribution is 2.24. The summed E-state index contributed by atoms with van der Waals surface area (Å²) in [4.78, 5) is 14.7. The number of fused-ring (bicyclic) bond motifs is 1. The summed E-state index contributed by atoms with van der Waals surface area (Å²) >= 11 is 5.57. The van der Waals surface area contributed by atoms with Gasteiger partial charge in [-0.1, -0.05) is 11.6 Å². The van der Waals surface area contributed by atoms with Gasteiger partial charge >= 0.3 is 5.97 Å². The molecule has 2 rings (SSSR count). The van der Waals surface area contributed by atoms with Gasteiger partial charge < -0.3 is 5.11 Å². The molecule has 1 N–H and O–H groups in total. The van der Waals surface area contributed by atoms with E-state index in [0.29, 0.717) is 5.39 Å². The quantitative estimate of drug-likeness (QED) is 0.812. The molecule has 0 saturated heterocycles. The van der Waals surface area contributed by atoms with E-state index in [1.54, 1.807) is 0 Å². The zero-order valence-corrected chi connectivity index (χ0v) is 8.12. The van der Waals surface area contributed by atoms with Crippen molar-refractivity contribution in [2.24, 2.45) is 0 Å². The number of hydrogen-bond acceptors (Lipinski definition) is 2. The van der Waals surface area contributed by atoms with E-state index < -0.39 is 11.8 Å². The number of carbonyl (C=O) groups is 1. The fraction of sp³-hybridized carbons (Fsp3) is 0. The molecule has 0 saturated carbocycles. The van der Waals surface area contributed by atoms with Gasteiger partial charge in [0.1, 0.15) is 5.82 Å². The first-order valence-corrected chi connectivity index (χ1v) is 4.44. The third-order valence-electron chi connectivity index (χ3n) is 2.01. The smallest absolute Gasteiger partial charge is 0.336 e. The van der Waals surface area contributed by atoms with Crippen LogP contribution in [0.25, 0.3) is 10.9 Å². The minimum atomic E-state index is -1.09. The van der Waals surface area contributed by atoms with E-state index in [9.17, 15) is 9.18 Å². The van der Waals surface area contributed by atoms with E-state index in [2.05, 4.69) is 4.98 Å². The molecule has 0 atom stereocenters. The molecule has 0 spiro atoms. The molecule has 3 nitrogen and oxygen atoms in total. The standard InChI is InChI=1S/C10H5ClFNO2/c11-7-3-6-5(10(14)15)1-2-13-9(6)4-8(7)12/h1-4H,(H,14,15). The molecule has 0 fully saturated rings. The number of aromatic carboxylic acids is 1. The van der Waals surface area contributed by atoms with Crippen molar-refractivity contribution in [3.05, 3.63) is 40.8 Å². The Labute approximate surface area is 89.1 Å². The van der Waals surface area contributed by atoms with Gasteiger partial charge in [-0.3, -0.25) is 4.98 Å². The predicted molar refractivity (Wildman–Crippen MR) is 53.7 cm³/mol.